The number of anilines is 5. The highest BCUT2D eigenvalue weighted by Gasteiger charge is 2.53. The van der Waals surface area contributed by atoms with E-state index in [4.69, 9.17) is 4.42 Å². The van der Waals surface area contributed by atoms with Crippen LogP contribution in [0.4, 0.5) is 28.4 Å². The van der Waals surface area contributed by atoms with Gasteiger partial charge in [-0.1, -0.05) is 188 Å². The average Bonchev–Trinajstić information content (AvgIpc) is 3.89. The second kappa shape index (κ2) is 14.5. The minimum Gasteiger partial charge on any atom is -0.454 e. The van der Waals surface area contributed by atoms with Crippen LogP contribution < -0.4 is 9.80 Å². The summed E-state index contributed by atoms with van der Waals surface area (Å²) in [5.41, 5.74) is 19.7. The number of fused-ring (bicyclic) bond motifs is 11. The van der Waals surface area contributed by atoms with Gasteiger partial charge in [0.1, 0.15) is 5.58 Å². The Kier molecular flexibility index (Phi) is 8.26. The summed E-state index contributed by atoms with van der Waals surface area (Å²) in [5, 5.41) is 2.23. The lowest BCUT2D eigenvalue weighted by Crippen LogP contribution is -2.40. The van der Waals surface area contributed by atoms with E-state index < -0.39 is 5.41 Å². The number of rotatable bonds is 6. The normalized spacial score (nSPS) is 15.6. The molecule has 1 unspecified atom stereocenters. The van der Waals surface area contributed by atoms with E-state index in [9.17, 15) is 0 Å². The van der Waals surface area contributed by atoms with E-state index in [0.717, 1.165) is 51.0 Å². The molecule has 13 rings (SSSR count). The molecule has 0 fully saturated rings. The lowest BCUT2D eigenvalue weighted by Gasteiger charge is -2.47. The number of hydrogen-bond acceptors (Lipinski definition) is 3. The van der Waals surface area contributed by atoms with E-state index in [1.54, 1.807) is 0 Å². The van der Waals surface area contributed by atoms with Crippen LogP contribution in [-0.4, -0.2) is 6.04 Å². The third-order valence-electron chi connectivity index (χ3n) is 13.8. The molecule has 2 aliphatic carbocycles. The first-order valence-corrected chi connectivity index (χ1v) is 22.3. The summed E-state index contributed by atoms with van der Waals surface area (Å²) in [6.07, 6.45) is 5.66. The first-order chi connectivity index (χ1) is 31.8. The summed E-state index contributed by atoms with van der Waals surface area (Å²) < 4.78 is 6.91. The highest BCUT2D eigenvalue weighted by molar-refractivity contribution is 6.10. The molecule has 0 saturated carbocycles. The molecule has 3 aliphatic rings. The van der Waals surface area contributed by atoms with Crippen molar-refractivity contribution in [1.29, 1.82) is 0 Å². The van der Waals surface area contributed by atoms with Crippen LogP contribution in [0.2, 0.25) is 0 Å². The van der Waals surface area contributed by atoms with Crippen LogP contribution in [0.15, 0.2) is 247 Å². The molecule has 1 atom stereocenters. The summed E-state index contributed by atoms with van der Waals surface area (Å²) in [5.74, 6) is 0. The molecule has 0 radical (unpaired) electrons. The summed E-state index contributed by atoms with van der Waals surface area (Å²) in [7, 11) is 0. The molecule has 1 spiro atoms. The van der Waals surface area contributed by atoms with Crippen LogP contribution in [0.1, 0.15) is 28.7 Å². The number of furan rings is 1. The maximum Gasteiger partial charge on any atom is 0.159 e. The van der Waals surface area contributed by atoms with Crippen molar-refractivity contribution in [3.05, 3.63) is 264 Å². The van der Waals surface area contributed by atoms with Crippen LogP contribution in [0, 0.1) is 0 Å². The Hall–Kier alpha value is -8.14. The van der Waals surface area contributed by atoms with Gasteiger partial charge in [-0.2, -0.15) is 0 Å². The van der Waals surface area contributed by atoms with Crippen LogP contribution >= 0.6 is 0 Å². The van der Waals surface area contributed by atoms with Gasteiger partial charge in [0.15, 0.2) is 5.58 Å². The zero-order chi connectivity index (χ0) is 42.2. The molecule has 0 saturated heterocycles. The number of para-hydroxylation sites is 6. The second-order valence-corrected chi connectivity index (χ2v) is 17.1. The molecular formula is C61H42N2O. The molecule has 1 aliphatic heterocycles. The Balaban J connectivity index is 1.04. The topological polar surface area (TPSA) is 19.6 Å². The smallest absolute Gasteiger partial charge is 0.159 e. The first-order valence-electron chi connectivity index (χ1n) is 22.3. The quantitative estimate of drug-likeness (QED) is 0.167. The third-order valence-corrected chi connectivity index (χ3v) is 13.8. The van der Waals surface area contributed by atoms with Crippen LogP contribution in [-0.2, 0) is 5.41 Å². The van der Waals surface area contributed by atoms with E-state index in [-0.39, 0.29) is 6.04 Å². The summed E-state index contributed by atoms with van der Waals surface area (Å²) in [6, 6.07) is 81.8. The molecule has 9 aromatic carbocycles. The molecule has 3 nitrogen and oxygen atoms in total. The fourth-order valence-corrected chi connectivity index (χ4v) is 11.2. The molecule has 64 heavy (non-hydrogen) atoms. The standard InChI is InChI=1S/C61H42N2O/c1-3-19-41(20-4-1)42-21-17-22-43(39-42)46-25-8-13-32-55(46)63(58-35-18-28-50-49-27-9-16-36-59(49)64-60(50)58)45-37-38-48-47-26-7-10-29-51(47)61(54(48)40-45)52-30-11-14-33-56(52)62(44-23-5-2-6-24-44)57-34-15-12-31-53(57)61/h1-39,45H,40H2. The Morgan fingerprint density at radius 3 is 1.84 bits per heavy atom. The SMILES string of the molecule is C1=CC(N(c2ccccc2-c2cccc(-c3ccccc3)c2)c2cccc3c2oc2ccccc23)CC2=C1c1ccccc1C21c2ccccc2N(c2ccccc2)c2ccccc21. The fraction of sp³-hybridized carbons (Fsp3) is 0.0492. The summed E-state index contributed by atoms with van der Waals surface area (Å²) in [4.78, 5) is 5.03. The average molecular weight is 819 g/mol. The van der Waals surface area contributed by atoms with Crippen LogP contribution in [0.3, 0.4) is 0 Å². The van der Waals surface area contributed by atoms with Gasteiger partial charge >= 0.3 is 0 Å². The van der Waals surface area contributed by atoms with Crippen molar-refractivity contribution >= 4 is 55.9 Å². The summed E-state index contributed by atoms with van der Waals surface area (Å²) >= 11 is 0. The first kappa shape index (κ1) is 36.5. The Bertz CT molecular complexity index is 3460. The zero-order valence-corrected chi connectivity index (χ0v) is 35.1. The van der Waals surface area contributed by atoms with Gasteiger partial charge in [0, 0.05) is 27.7 Å². The van der Waals surface area contributed by atoms with Crippen molar-refractivity contribution in [1.82, 2.24) is 0 Å². The Labute approximate surface area is 373 Å². The molecular weight excluding hydrogens is 777 g/mol. The van der Waals surface area contributed by atoms with E-state index in [1.807, 2.05) is 0 Å². The van der Waals surface area contributed by atoms with Crippen LogP contribution in [0.25, 0.3) is 49.8 Å². The maximum atomic E-state index is 6.91. The molecule has 0 amide bonds. The van der Waals surface area contributed by atoms with Gasteiger partial charge in [-0.3, -0.25) is 0 Å². The number of benzene rings is 9. The van der Waals surface area contributed by atoms with Crippen molar-refractivity contribution in [2.45, 2.75) is 17.9 Å². The van der Waals surface area contributed by atoms with E-state index in [2.05, 4.69) is 246 Å². The van der Waals surface area contributed by atoms with Crippen molar-refractivity contribution < 1.29 is 4.42 Å². The van der Waals surface area contributed by atoms with E-state index in [0.29, 0.717) is 0 Å². The van der Waals surface area contributed by atoms with Crippen molar-refractivity contribution in [2.24, 2.45) is 0 Å². The predicted molar refractivity (Wildman–Crippen MR) is 265 cm³/mol. The molecule has 302 valence electrons. The maximum absolute atomic E-state index is 6.91. The van der Waals surface area contributed by atoms with Gasteiger partial charge in [-0.05, 0) is 105 Å². The second-order valence-electron chi connectivity index (χ2n) is 17.1. The number of allylic oxidation sites excluding steroid dienone is 2. The summed E-state index contributed by atoms with van der Waals surface area (Å²) in [6.45, 7) is 0. The molecule has 2 heterocycles. The van der Waals surface area contributed by atoms with Crippen molar-refractivity contribution in [3.8, 4) is 22.3 Å². The van der Waals surface area contributed by atoms with Gasteiger partial charge < -0.3 is 14.2 Å². The predicted octanol–water partition coefficient (Wildman–Crippen LogP) is 16.0. The van der Waals surface area contributed by atoms with Crippen LogP contribution in [0.5, 0.6) is 0 Å². The zero-order valence-electron chi connectivity index (χ0n) is 35.1. The minimum atomic E-state index is -0.534. The monoisotopic (exact) mass is 818 g/mol. The highest BCUT2D eigenvalue weighted by Crippen LogP contribution is 2.64. The molecule has 0 bridgehead atoms. The molecule has 10 aromatic rings. The van der Waals surface area contributed by atoms with Crippen molar-refractivity contribution in [3.63, 3.8) is 0 Å². The Morgan fingerprint density at radius 2 is 1.05 bits per heavy atom. The van der Waals surface area contributed by atoms with Crippen molar-refractivity contribution in [2.75, 3.05) is 9.80 Å². The lowest BCUT2D eigenvalue weighted by atomic mass is 9.62. The van der Waals surface area contributed by atoms with Gasteiger partial charge in [0.25, 0.3) is 0 Å². The van der Waals surface area contributed by atoms with E-state index >= 15 is 0 Å². The van der Waals surface area contributed by atoms with E-state index in [1.165, 1.54) is 61.5 Å². The highest BCUT2D eigenvalue weighted by atomic mass is 16.3. The van der Waals surface area contributed by atoms with Gasteiger partial charge in [0.2, 0.25) is 0 Å². The van der Waals surface area contributed by atoms with Gasteiger partial charge in [-0.15, -0.1) is 0 Å². The molecule has 1 aromatic heterocycles. The largest absolute Gasteiger partial charge is 0.454 e. The van der Waals surface area contributed by atoms with Gasteiger partial charge in [0.05, 0.1) is 28.5 Å². The fourth-order valence-electron chi connectivity index (χ4n) is 11.2. The Morgan fingerprint density at radius 1 is 0.469 bits per heavy atom. The number of hydrogen-bond donors (Lipinski definition) is 0. The van der Waals surface area contributed by atoms with Gasteiger partial charge in [-0.25, -0.2) is 0 Å². The lowest BCUT2D eigenvalue weighted by molar-refractivity contribution is 0.640. The molecule has 0 N–H and O–H groups in total. The third kappa shape index (κ3) is 5.34. The number of nitrogens with zero attached hydrogens (tertiary/aromatic N) is 2. The molecule has 3 heteroatoms. The minimum absolute atomic E-state index is 0.0753.